The molecule has 0 saturated heterocycles. The summed E-state index contributed by atoms with van der Waals surface area (Å²) in [5, 5.41) is 26.1. The molecule has 76 valence electrons. The Hall–Kier alpha value is -2.44. The summed E-state index contributed by atoms with van der Waals surface area (Å²) in [6.07, 6.45) is 1.46. The smallest absolute Gasteiger partial charge is 0.283 e. The summed E-state index contributed by atoms with van der Waals surface area (Å²) in [6, 6.07) is 6.85. The van der Waals surface area contributed by atoms with E-state index in [0.717, 1.165) is 0 Å². The van der Waals surface area contributed by atoms with E-state index in [2.05, 4.69) is 31.2 Å². The van der Waals surface area contributed by atoms with Crippen LogP contribution in [0.5, 0.6) is 5.75 Å². The molecule has 0 fully saturated rings. The Morgan fingerprint density at radius 3 is 3.00 bits per heavy atom. The van der Waals surface area contributed by atoms with Crippen molar-refractivity contribution < 1.29 is 5.11 Å². The van der Waals surface area contributed by atoms with E-state index in [4.69, 9.17) is 0 Å². The molecule has 0 aliphatic carbocycles. The zero-order valence-electron chi connectivity index (χ0n) is 7.62. The van der Waals surface area contributed by atoms with E-state index < -0.39 is 0 Å². The van der Waals surface area contributed by atoms with Crippen molar-refractivity contribution in [3.8, 4) is 5.75 Å². The molecule has 0 saturated carbocycles. The SMILES string of the molecule is Oc1ccccc1/C=N\Nc1nn[nH]n1. The second-order valence-electron chi connectivity index (χ2n) is 2.66. The molecular formula is C8H8N6O. The lowest BCUT2D eigenvalue weighted by molar-refractivity contribution is 0.474. The number of para-hydroxylation sites is 1. The highest BCUT2D eigenvalue weighted by atomic mass is 16.3. The Bertz CT molecular complexity index is 452. The van der Waals surface area contributed by atoms with Gasteiger partial charge in [-0.1, -0.05) is 17.2 Å². The first-order chi connectivity index (χ1) is 7.36. The summed E-state index contributed by atoms with van der Waals surface area (Å²) in [7, 11) is 0. The molecule has 7 heteroatoms. The maximum Gasteiger partial charge on any atom is 0.283 e. The molecule has 0 unspecified atom stereocenters. The molecule has 2 rings (SSSR count). The molecule has 0 atom stereocenters. The van der Waals surface area contributed by atoms with E-state index in [1.807, 2.05) is 0 Å². The number of hydrogen-bond acceptors (Lipinski definition) is 6. The number of rotatable bonds is 3. The van der Waals surface area contributed by atoms with Gasteiger partial charge in [0.1, 0.15) is 5.75 Å². The van der Waals surface area contributed by atoms with Crippen LogP contribution in [0.25, 0.3) is 0 Å². The van der Waals surface area contributed by atoms with Crippen molar-refractivity contribution in [1.82, 2.24) is 20.6 Å². The van der Waals surface area contributed by atoms with Crippen LogP contribution in [0.15, 0.2) is 29.4 Å². The summed E-state index contributed by atoms with van der Waals surface area (Å²) >= 11 is 0. The van der Waals surface area contributed by atoms with Gasteiger partial charge >= 0.3 is 0 Å². The summed E-state index contributed by atoms with van der Waals surface area (Å²) in [5.41, 5.74) is 3.15. The Morgan fingerprint density at radius 2 is 2.27 bits per heavy atom. The zero-order chi connectivity index (χ0) is 10.5. The van der Waals surface area contributed by atoms with Gasteiger partial charge in [-0.05, 0) is 17.3 Å². The van der Waals surface area contributed by atoms with E-state index in [1.54, 1.807) is 24.3 Å². The van der Waals surface area contributed by atoms with Gasteiger partial charge in [-0.15, -0.1) is 5.10 Å². The second kappa shape index (κ2) is 4.18. The summed E-state index contributed by atoms with van der Waals surface area (Å²) in [4.78, 5) is 0. The van der Waals surface area contributed by atoms with Gasteiger partial charge in [0.25, 0.3) is 5.95 Å². The maximum atomic E-state index is 9.40. The van der Waals surface area contributed by atoms with Gasteiger partial charge in [0.05, 0.1) is 6.21 Å². The van der Waals surface area contributed by atoms with E-state index in [-0.39, 0.29) is 11.7 Å². The highest BCUT2D eigenvalue weighted by Crippen LogP contribution is 2.12. The van der Waals surface area contributed by atoms with Crippen molar-refractivity contribution in [3.05, 3.63) is 29.8 Å². The highest BCUT2D eigenvalue weighted by molar-refractivity contribution is 5.83. The van der Waals surface area contributed by atoms with E-state index >= 15 is 0 Å². The molecule has 0 radical (unpaired) electrons. The number of aromatic hydroxyl groups is 1. The number of hydrazone groups is 1. The maximum absolute atomic E-state index is 9.40. The van der Waals surface area contributed by atoms with Crippen molar-refractivity contribution in [1.29, 1.82) is 0 Å². The number of aromatic amines is 1. The monoisotopic (exact) mass is 204 g/mol. The van der Waals surface area contributed by atoms with Gasteiger partial charge < -0.3 is 5.11 Å². The molecule has 0 aliphatic rings. The molecule has 1 aromatic carbocycles. The lowest BCUT2D eigenvalue weighted by atomic mass is 10.2. The van der Waals surface area contributed by atoms with Gasteiger partial charge in [-0.25, -0.2) is 5.43 Å². The minimum Gasteiger partial charge on any atom is -0.507 e. The zero-order valence-corrected chi connectivity index (χ0v) is 7.62. The highest BCUT2D eigenvalue weighted by Gasteiger charge is 1.95. The van der Waals surface area contributed by atoms with Crippen molar-refractivity contribution in [2.75, 3.05) is 5.43 Å². The predicted molar refractivity (Wildman–Crippen MR) is 53.5 cm³/mol. The van der Waals surface area contributed by atoms with Crippen LogP contribution in [-0.4, -0.2) is 31.9 Å². The molecule has 0 bridgehead atoms. The third-order valence-corrected chi connectivity index (χ3v) is 1.65. The van der Waals surface area contributed by atoms with E-state index in [9.17, 15) is 5.11 Å². The largest absolute Gasteiger partial charge is 0.507 e. The molecule has 1 aromatic heterocycles. The molecule has 3 N–H and O–H groups in total. The van der Waals surface area contributed by atoms with Crippen LogP contribution in [0.4, 0.5) is 5.95 Å². The number of phenolic OH excluding ortho intramolecular Hbond substituents is 1. The Labute approximate surface area is 84.8 Å². The Balaban J connectivity index is 2.03. The number of aromatic nitrogens is 4. The summed E-state index contributed by atoms with van der Waals surface area (Å²) < 4.78 is 0. The topological polar surface area (TPSA) is 99.1 Å². The Kier molecular flexibility index (Phi) is 2.54. The number of benzene rings is 1. The van der Waals surface area contributed by atoms with Gasteiger partial charge in [-0.3, -0.25) is 0 Å². The van der Waals surface area contributed by atoms with Crippen LogP contribution >= 0.6 is 0 Å². The lowest BCUT2D eigenvalue weighted by Crippen LogP contribution is -1.92. The van der Waals surface area contributed by atoms with Gasteiger partial charge in [0, 0.05) is 5.56 Å². The molecule has 7 nitrogen and oxygen atoms in total. The lowest BCUT2D eigenvalue weighted by Gasteiger charge is -1.96. The third-order valence-electron chi connectivity index (χ3n) is 1.65. The van der Waals surface area contributed by atoms with Gasteiger partial charge in [0.2, 0.25) is 0 Å². The number of hydrogen-bond donors (Lipinski definition) is 3. The van der Waals surface area contributed by atoms with Gasteiger partial charge in [0.15, 0.2) is 0 Å². The quantitative estimate of drug-likeness (QED) is 0.495. The fraction of sp³-hybridized carbons (Fsp3) is 0. The number of H-pyrrole nitrogens is 1. The fourth-order valence-corrected chi connectivity index (χ4v) is 0.965. The average Bonchev–Trinajstić information content (AvgIpc) is 2.74. The van der Waals surface area contributed by atoms with Gasteiger partial charge in [-0.2, -0.15) is 10.3 Å². The van der Waals surface area contributed by atoms with E-state index in [1.165, 1.54) is 6.21 Å². The van der Waals surface area contributed by atoms with E-state index in [0.29, 0.717) is 5.56 Å². The number of phenols is 1. The van der Waals surface area contributed by atoms with Crippen molar-refractivity contribution >= 4 is 12.2 Å². The normalized spacial score (nSPS) is 10.7. The average molecular weight is 204 g/mol. The minimum absolute atomic E-state index is 0.163. The molecular weight excluding hydrogens is 196 g/mol. The number of nitrogens with zero attached hydrogens (tertiary/aromatic N) is 4. The minimum atomic E-state index is 0.163. The fourth-order valence-electron chi connectivity index (χ4n) is 0.965. The van der Waals surface area contributed by atoms with Crippen molar-refractivity contribution in [2.45, 2.75) is 0 Å². The van der Waals surface area contributed by atoms with Crippen LogP contribution < -0.4 is 5.43 Å². The van der Waals surface area contributed by atoms with Crippen LogP contribution in [0, 0.1) is 0 Å². The predicted octanol–water partition coefficient (Wildman–Crippen LogP) is 0.351. The molecule has 15 heavy (non-hydrogen) atoms. The molecule has 1 heterocycles. The third kappa shape index (κ3) is 2.27. The Morgan fingerprint density at radius 1 is 1.40 bits per heavy atom. The van der Waals surface area contributed by atoms with Crippen molar-refractivity contribution in [3.63, 3.8) is 0 Å². The number of anilines is 1. The molecule has 2 aromatic rings. The van der Waals surface area contributed by atoms with Crippen LogP contribution in [0.2, 0.25) is 0 Å². The van der Waals surface area contributed by atoms with Crippen LogP contribution in [-0.2, 0) is 0 Å². The standard InChI is InChI=1S/C8H8N6O/c15-7-4-2-1-3-6(7)5-9-10-8-11-13-14-12-8/h1-5,15H,(H2,10,11,12,13,14)/b9-5-. The summed E-state index contributed by atoms with van der Waals surface area (Å²) in [5.74, 6) is 0.429. The first-order valence-corrected chi connectivity index (χ1v) is 4.17. The first-order valence-electron chi connectivity index (χ1n) is 4.17. The molecule has 0 amide bonds. The van der Waals surface area contributed by atoms with Crippen LogP contribution in [0.3, 0.4) is 0 Å². The molecule has 0 aliphatic heterocycles. The van der Waals surface area contributed by atoms with Crippen molar-refractivity contribution in [2.24, 2.45) is 5.10 Å². The summed E-state index contributed by atoms with van der Waals surface area (Å²) in [6.45, 7) is 0. The first kappa shape index (κ1) is 9.13. The van der Waals surface area contributed by atoms with Crippen LogP contribution in [0.1, 0.15) is 5.56 Å². The molecule has 0 spiro atoms. The second-order valence-corrected chi connectivity index (χ2v) is 2.66. The number of nitrogens with one attached hydrogen (secondary N) is 2. The number of tetrazole rings is 1.